The Morgan fingerprint density at radius 2 is 2.04 bits per heavy atom. The third kappa shape index (κ3) is 4.42. The predicted octanol–water partition coefficient (Wildman–Crippen LogP) is 2.93. The molecule has 2 fully saturated rings. The molecule has 0 radical (unpaired) electrons. The highest BCUT2D eigenvalue weighted by atomic mass is 32.2. The van der Waals surface area contributed by atoms with Crippen molar-refractivity contribution >= 4 is 15.9 Å². The number of carbonyl (C=O) groups is 1. The van der Waals surface area contributed by atoms with Gasteiger partial charge in [0.25, 0.3) is 5.91 Å². The van der Waals surface area contributed by atoms with Crippen LogP contribution in [0.25, 0.3) is 0 Å². The molecule has 0 aliphatic heterocycles. The molecule has 0 saturated heterocycles. The van der Waals surface area contributed by atoms with Crippen molar-refractivity contribution in [2.75, 3.05) is 6.54 Å². The first-order valence-corrected chi connectivity index (χ1v) is 10.7. The molecule has 0 spiro atoms. The van der Waals surface area contributed by atoms with Crippen LogP contribution in [0.3, 0.4) is 0 Å². The Kier molecular flexibility index (Phi) is 5.49. The highest BCUT2D eigenvalue weighted by Crippen LogP contribution is 2.49. The van der Waals surface area contributed by atoms with E-state index in [1.54, 1.807) is 26.0 Å². The van der Waals surface area contributed by atoms with Gasteiger partial charge in [-0.3, -0.25) is 4.79 Å². The third-order valence-corrected chi connectivity index (χ3v) is 7.14. The summed E-state index contributed by atoms with van der Waals surface area (Å²) in [6.07, 6.45) is 6.46. The minimum absolute atomic E-state index is 0.127. The number of fused-ring (bicyclic) bond motifs is 2. The van der Waals surface area contributed by atoms with Gasteiger partial charge in [0, 0.05) is 18.2 Å². The largest absolute Gasteiger partial charge is 0.352 e. The number of amides is 1. The van der Waals surface area contributed by atoms with Gasteiger partial charge in [0.15, 0.2) is 0 Å². The van der Waals surface area contributed by atoms with E-state index in [1.807, 2.05) is 0 Å². The second-order valence-corrected chi connectivity index (χ2v) is 9.50. The van der Waals surface area contributed by atoms with E-state index in [0.717, 1.165) is 24.2 Å². The van der Waals surface area contributed by atoms with Crippen LogP contribution in [0, 0.1) is 17.8 Å². The number of benzene rings is 1. The zero-order valence-corrected chi connectivity index (χ0v) is 15.8. The summed E-state index contributed by atoms with van der Waals surface area (Å²) >= 11 is 0. The maximum absolute atomic E-state index is 12.4. The van der Waals surface area contributed by atoms with Crippen LogP contribution in [0.1, 0.15) is 56.3 Å². The molecular weight excluding hydrogens is 336 g/mol. The summed E-state index contributed by atoms with van der Waals surface area (Å²) in [5, 5.41) is 2.95. The Hall–Kier alpha value is -1.40. The molecule has 2 aliphatic rings. The van der Waals surface area contributed by atoms with Crippen LogP contribution < -0.4 is 10.0 Å². The first-order valence-electron chi connectivity index (χ1n) is 9.26. The van der Waals surface area contributed by atoms with E-state index in [0.29, 0.717) is 12.1 Å². The quantitative estimate of drug-likeness (QED) is 0.781. The monoisotopic (exact) mass is 364 g/mol. The molecule has 138 valence electrons. The van der Waals surface area contributed by atoms with E-state index in [4.69, 9.17) is 0 Å². The molecule has 3 unspecified atom stereocenters. The van der Waals surface area contributed by atoms with Crippen LogP contribution in [-0.2, 0) is 10.0 Å². The molecule has 1 amide bonds. The Bertz CT molecular complexity index is 730. The lowest BCUT2D eigenvalue weighted by molar-refractivity contribution is 0.0949. The average molecular weight is 365 g/mol. The van der Waals surface area contributed by atoms with Crippen molar-refractivity contribution in [3.8, 4) is 0 Å². The van der Waals surface area contributed by atoms with Gasteiger partial charge in [-0.05, 0) is 75.5 Å². The molecule has 1 aromatic rings. The van der Waals surface area contributed by atoms with Gasteiger partial charge in [0.2, 0.25) is 10.0 Å². The summed E-state index contributed by atoms with van der Waals surface area (Å²) < 4.78 is 27.0. The fraction of sp³-hybridized carbons (Fsp3) is 0.632. The molecule has 0 heterocycles. The maximum atomic E-state index is 12.4. The van der Waals surface area contributed by atoms with E-state index in [1.165, 1.54) is 37.8 Å². The van der Waals surface area contributed by atoms with Crippen LogP contribution in [0.5, 0.6) is 0 Å². The van der Waals surface area contributed by atoms with E-state index in [2.05, 4.69) is 10.0 Å². The highest BCUT2D eigenvalue weighted by molar-refractivity contribution is 7.89. The molecule has 5 nitrogen and oxygen atoms in total. The Balaban J connectivity index is 1.56. The van der Waals surface area contributed by atoms with Gasteiger partial charge in [0.1, 0.15) is 0 Å². The zero-order valence-electron chi connectivity index (χ0n) is 15.0. The van der Waals surface area contributed by atoms with Gasteiger partial charge in [-0.15, -0.1) is 0 Å². The van der Waals surface area contributed by atoms with Crippen LogP contribution in [0.4, 0.5) is 0 Å². The van der Waals surface area contributed by atoms with Gasteiger partial charge in [-0.25, -0.2) is 13.1 Å². The Morgan fingerprint density at radius 3 is 2.68 bits per heavy atom. The summed E-state index contributed by atoms with van der Waals surface area (Å²) in [4.78, 5) is 12.5. The summed E-state index contributed by atoms with van der Waals surface area (Å²) in [6.45, 7) is 4.20. The average Bonchev–Trinajstić information content (AvgIpc) is 3.16. The van der Waals surface area contributed by atoms with Gasteiger partial charge < -0.3 is 5.32 Å². The molecule has 6 heteroatoms. The maximum Gasteiger partial charge on any atom is 0.251 e. The van der Waals surface area contributed by atoms with Crippen molar-refractivity contribution < 1.29 is 13.2 Å². The Labute approximate surface area is 150 Å². The van der Waals surface area contributed by atoms with Crippen LogP contribution in [-0.4, -0.2) is 26.9 Å². The van der Waals surface area contributed by atoms with Gasteiger partial charge in [-0.2, -0.15) is 0 Å². The number of carbonyl (C=O) groups excluding carboxylic acids is 1. The van der Waals surface area contributed by atoms with Crippen LogP contribution in [0.2, 0.25) is 0 Å². The fourth-order valence-corrected chi connectivity index (χ4v) is 5.68. The van der Waals surface area contributed by atoms with Crippen molar-refractivity contribution in [2.45, 2.75) is 56.9 Å². The number of hydrogen-bond acceptors (Lipinski definition) is 3. The highest BCUT2D eigenvalue weighted by Gasteiger charge is 2.38. The van der Waals surface area contributed by atoms with Gasteiger partial charge in [-0.1, -0.05) is 12.5 Å². The van der Waals surface area contributed by atoms with Crippen molar-refractivity contribution in [1.82, 2.24) is 10.0 Å². The molecule has 3 atom stereocenters. The van der Waals surface area contributed by atoms with Gasteiger partial charge in [0.05, 0.1) is 4.90 Å². The van der Waals surface area contributed by atoms with E-state index in [9.17, 15) is 13.2 Å². The van der Waals surface area contributed by atoms with Crippen molar-refractivity contribution in [3.63, 3.8) is 0 Å². The molecule has 2 aliphatic carbocycles. The van der Waals surface area contributed by atoms with Crippen molar-refractivity contribution in [2.24, 2.45) is 17.8 Å². The molecule has 2 saturated carbocycles. The van der Waals surface area contributed by atoms with E-state index < -0.39 is 10.0 Å². The summed E-state index contributed by atoms with van der Waals surface area (Å²) in [6, 6.07) is 6.03. The topological polar surface area (TPSA) is 75.3 Å². The minimum atomic E-state index is -3.58. The standard InChI is InChI=1S/C19H28N2O3S/c1-13(2)21-25(23,24)18-5-3-4-17(12-18)19(22)20-9-8-16-11-14-6-7-15(16)10-14/h3-5,12-16,21H,6-11H2,1-2H3,(H,20,22). The number of sulfonamides is 1. The van der Waals surface area contributed by atoms with Crippen LogP contribution >= 0.6 is 0 Å². The lowest BCUT2D eigenvalue weighted by Crippen LogP contribution is -2.31. The first-order chi connectivity index (χ1) is 11.8. The lowest BCUT2D eigenvalue weighted by atomic mass is 9.86. The number of nitrogens with one attached hydrogen (secondary N) is 2. The summed E-state index contributed by atoms with van der Waals surface area (Å²) in [7, 11) is -3.58. The second kappa shape index (κ2) is 7.46. The van der Waals surface area contributed by atoms with E-state index in [-0.39, 0.29) is 16.8 Å². The Morgan fingerprint density at radius 1 is 1.24 bits per heavy atom. The lowest BCUT2D eigenvalue weighted by Gasteiger charge is -2.21. The minimum Gasteiger partial charge on any atom is -0.352 e. The SMILES string of the molecule is CC(C)NS(=O)(=O)c1cccc(C(=O)NCCC2CC3CCC2C3)c1. The number of hydrogen-bond donors (Lipinski definition) is 2. The van der Waals surface area contributed by atoms with E-state index >= 15 is 0 Å². The molecular formula is C19H28N2O3S. The number of rotatable bonds is 7. The molecule has 3 rings (SSSR count). The van der Waals surface area contributed by atoms with Crippen molar-refractivity contribution in [1.29, 1.82) is 0 Å². The smallest absolute Gasteiger partial charge is 0.251 e. The molecule has 2 bridgehead atoms. The van der Waals surface area contributed by atoms with Crippen LogP contribution in [0.15, 0.2) is 29.2 Å². The summed E-state index contributed by atoms with van der Waals surface area (Å²) in [5.74, 6) is 2.32. The molecule has 0 aromatic heterocycles. The fourth-order valence-electron chi connectivity index (χ4n) is 4.39. The second-order valence-electron chi connectivity index (χ2n) is 7.78. The summed E-state index contributed by atoms with van der Waals surface area (Å²) in [5.41, 5.74) is 0.388. The zero-order chi connectivity index (χ0) is 18.0. The predicted molar refractivity (Wildman–Crippen MR) is 97.8 cm³/mol. The normalized spacial score (nSPS) is 25.5. The molecule has 25 heavy (non-hydrogen) atoms. The van der Waals surface area contributed by atoms with Crippen molar-refractivity contribution in [3.05, 3.63) is 29.8 Å². The molecule has 1 aromatic carbocycles. The molecule has 2 N–H and O–H groups in total. The third-order valence-electron chi connectivity index (χ3n) is 5.48. The first kappa shape index (κ1) is 18.4. The van der Waals surface area contributed by atoms with Gasteiger partial charge >= 0.3 is 0 Å².